The molecule has 0 aliphatic rings. The van der Waals surface area contributed by atoms with Crippen molar-refractivity contribution in [1.82, 2.24) is 20.1 Å². The number of halogens is 1. The van der Waals surface area contributed by atoms with Crippen LogP contribution >= 0.6 is 11.8 Å². The molecule has 3 aromatic rings. The number of benzene rings is 2. The van der Waals surface area contributed by atoms with Gasteiger partial charge in [-0.15, -0.1) is 10.2 Å². The average molecular weight is 442 g/mol. The van der Waals surface area contributed by atoms with Crippen molar-refractivity contribution in [3.8, 4) is 0 Å². The van der Waals surface area contributed by atoms with Gasteiger partial charge >= 0.3 is 0 Å². The average Bonchev–Trinajstić information content (AvgIpc) is 3.13. The third-order valence-electron chi connectivity index (χ3n) is 4.73. The van der Waals surface area contributed by atoms with Gasteiger partial charge < -0.3 is 15.2 Å². The van der Waals surface area contributed by atoms with Crippen molar-refractivity contribution in [2.45, 2.75) is 31.5 Å². The Bertz CT molecular complexity index is 1090. The summed E-state index contributed by atoms with van der Waals surface area (Å²) in [6, 6.07) is 13.0. The molecule has 0 saturated carbocycles. The second-order valence-corrected chi connectivity index (χ2v) is 7.86. The van der Waals surface area contributed by atoms with Crippen LogP contribution in [0.15, 0.2) is 53.7 Å². The number of nitrogens with zero attached hydrogens (tertiary/aromatic N) is 3. The minimum absolute atomic E-state index is 0.0323. The molecule has 9 heteroatoms. The molecule has 0 unspecified atom stereocenters. The van der Waals surface area contributed by atoms with Crippen molar-refractivity contribution in [2.24, 2.45) is 7.05 Å². The first-order valence-corrected chi connectivity index (χ1v) is 10.8. The number of nitrogens with one attached hydrogen (secondary N) is 2. The second-order valence-electron chi connectivity index (χ2n) is 6.92. The minimum atomic E-state index is -0.586. The van der Waals surface area contributed by atoms with Crippen molar-refractivity contribution in [3.05, 3.63) is 71.3 Å². The molecule has 1 aromatic heterocycles. The van der Waals surface area contributed by atoms with Gasteiger partial charge in [0.05, 0.1) is 17.4 Å². The quantitative estimate of drug-likeness (QED) is 0.520. The Morgan fingerprint density at radius 2 is 1.84 bits per heavy atom. The number of rotatable bonds is 8. The maximum Gasteiger partial charge on any atom is 0.254 e. The Balaban J connectivity index is 1.60. The van der Waals surface area contributed by atoms with Crippen molar-refractivity contribution >= 4 is 29.3 Å². The molecule has 3 rings (SSSR count). The number of aromatic nitrogens is 3. The van der Waals surface area contributed by atoms with Crippen LogP contribution in [0.2, 0.25) is 0 Å². The number of para-hydroxylation sites is 1. The molecule has 1 heterocycles. The smallest absolute Gasteiger partial charge is 0.254 e. The molecule has 0 spiro atoms. The predicted octanol–water partition coefficient (Wildman–Crippen LogP) is 3.74. The van der Waals surface area contributed by atoms with E-state index in [1.54, 1.807) is 24.6 Å². The Morgan fingerprint density at radius 3 is 2.58 bits per heavy atom. The number of carbonyl (C=O) groups is 2. The summed E-state index contributed by atoms with van der Waals surface area (Å²) in [5.41, 5.74) is 1.84. The highest BCUT2D eigenvalue weighted by Crippen LogP contribution is 2.21. The van der Waals surface area contributed by atoms with E-state index in [4.69, 9.17) is 0 Å². The topological polar surface area (TPSA) is 88.9 Å². The zero-order valence-corrected chi connectivity index (χ0v) is 18.4. The Morgan fingerprint density at radius 1 is 1.13 bits per heavy atom. The van der Waals surface area contributed by atoms with Crippen LogP contribution in [0, 0.1) is 5.82 Å². The molecule has 0 radical (unpaired) electrons. The molecule has 2 N–H and O–H groups in total. The maximum absolute atomic E-state index is 13.8. The van der Waals surface area contributed by atoms with Gasteiger partial charge in [0.25, 0.3) is 5.91 Å². The van der Waals surface area contributed by atoms with Crippen molar-refractivity contribution in [2.75, 3.05) is 11.1 Å². The molecule has 0 bridgehead atoms. The van der Waals surface area contributed by atoms with E-state index in [1.807, 2.05) is 31.2 Å². The van der Waals surface area contributed by atoms with Crippen LogP contribution in [0.4, 0.5) is 10.1 Å². The lowest BCUT2D eigenvalue weighted by molar-refractivity contribution is -0.113. The lowest BCUT2D eigenvalue weighted by atomic mass is 10.1. The number of carbonyl (C=O) groups excluding carboxylic acids is 2. The molecule has 2 aromatic carbocycles. The standard InChI is InChI=1S/C22H24FN5O2S/c1-4-15-9-5-8-12-18(15)25-19(29)13-31-22-27-26-20(28(22)3)14(2)24-21(30)16-10-6-7-11-17(16)23/h5-12,14H,4,13H2,1-3H3,(H,24,30)(H,25,29)/t14-/m1/s1. The molecule has 7 nitrogen and oxygen atoms in total. The molecule has 162 valence electrons. The summed E-state index contributed by atoms with van der Waals surface area (Å²) < 4.78 is 15.5. The van der Waals surface area contributed by atoms with Crippen LogP contribution in [0.5, 0.6) is 0 Å². The number of hydrogen-bond donors (Lipinski definition) is 2. The molecule has 0 aliphatic heterocycles. The van der Waals surface area contributed by atoms with Crippen LogP contribution < -0.4 is 10.6 Å². The predicted molar refractivity (Wildman–Crippen MR) is 118 cm³/mol. The van der Waals surface area contributed by atoms with E-state index in [1.165, 1.54) is 30.0 Å². The highest BCUT2D eigenvalue weighted by Gasteiger charge is 2.20. The van der Waals surface area contributed by atoms with Gasteiger partial charge in [0.1, 0.15) is 5.82 Å². The summed E-state index contributed by atoms with van der Waals surface area (Å²) in [5.74, 6) is -0.589. The summed E-state index contributed by atoms with van der Waals surface area (Å²) in [4.78, 5) is 24.7. The van der Waals surface area contributed by atoms with Gasteiger partial charge in [-0.3, -0.25) is 9.59 Å². The van der Waals surface area contributed by atoms with Gasteiger partial charge in [-0.25, -0.2) is 4.39 Å². The second kappa shape index (κ2) is 10.2. The van der Waals surface area contributed by atoms with Gasteiger partial charge in [0, 0.05) is 12.7 Å². The van der Waals surface area contributed by atoms with Crippen LogP contribution in [0.3, 0.4) is 0 Å². The van der Waals surface area contributed by atoms with Crippen molar-refractivity contribution < 1.29 is 14.0 Å². The van der Waals surface area contributed by atoms with E-state index in [0.29, 0.717) is 11.0 Å². The summed E-state index contributed by atoms with van der Waals surface area (Å²) in [5, 5.41) is 14.4. The fraction of sp³-hybridized carbons (Fsp3) is 0.273. The summed E-state index contributed by atoms with van der Waals surface area (Å²) >= 11 is 1.25. The summed E-state index contributed by atoms with van der Waals surface area (Å²) in [7, 11) is 1.76. The lowest BCUT2D eigenvalue weighted by Gasteiger charge is -2.14. The molecule has 31 heavy (non-hydrogen) atoms. The first kappa shape index (κ1) is 22.5. The molecule has 2 amide bonds. The monoisotopic (exact) mass is 441 g/mol. The highest BCUT2D eigenvalue weighted by atomic mass is 32.2. The van der Waals surface area contributed by atoms with Crippen molar-refractivity contribution in [1.29, 1.82) is 0 Å². The Labute approximate surface area is 184 Å². The van der Waals surface area contributed by atoms with E-state index in [2.05, 4.69) is 20.8 Å². The Hall–Kier alpha value is -3.20. The lowest BCUT2D eigenvalue weighted by Crippen LogP contribution is -2.29. The molecular weight excluding hydrogens is 417 g/mol. The number of anilines is 1. The number of hydrogen-bond acceptors (Lipinski definition) is 5. The van der Waals surface area contributed by atoms with E-state index < -0.39 is 17.8 Å². The fourth-order valence-corrected chi connectivity index (χ4v) is 3.80. The number of amides is 2. The maximum atomic E-state index is 13.8. The van der Waals surface area contributed by atoms with Crippen LogP contribution in [-0.2, 0) is 18.3 Å². The molecular formula is C22H24FN5O2S. The van der Waals surface area contributed by atoms with E-state index >= 15 is 0 Å². The van der Waals surface area contributed by atoms with Crippen molar-refractivity contribution in [3.63, 3.8) is 0 Å². The molecule has 0 fully saturated rings. The zero-order valence-electron chi connectivity index (χ0n) is 17.6. The SMILES string of the molecule is CCc1ccccc1NC(=O)CSc1nnc([C@@H](C)NC(=O)c2ccccc2F)n1C. The minimum Gasteiger partial charge on any atom is -0.342 e. The van der Waals surface area contributed by atoms with Crippen LogP contribution in [0.1, 0.15) is 41.6 Å². The first-order chi connectivity index (χ1) is 14.9. The van der Waals surface area contributed by atoms with Crippen LogP contribution in [0.25, 0.3) is 0 Å². The Kier molecular flexibility index (Phi) is 7.41. The van der Waals surface area contributed by atoms with Gasteiger partial charge in [0.2, 0.25) is 5.91 Å². The molecule has 0 saturated heterocycles. The summed E-state index contributed by atoms with van der Waals surface area (Å²) in [6.07, 6.45) is 0.826. The fourth-order valence-electron chi connectivity index (χ4n) is 3.08. The largest absolute Gasteiger partial charge is 0.342 e. The first-order valence-electron chi connectivity index (χ1n) is 9.86. The number of thioether (sulfide) groups is 1. The van der Waals surface area contributed by atoms with E-state index in [9.17, 15) is 14.0 Å². The van der Waals surface area contributed by atoms with Gasteiger partial charge in [-0.2, -0.15) is 0 Å². The van der Waals surface area contributed by atoms with Gasteiger partial charge in [-0.1, -0.05) is 49.0 Å². The zero-order chi connectivity index (χ0) is 22.4. The van der Waals surface area contributed by atoms with E-state index in [0.717, 1.165) is 17.7 Å². The highest BCUT2D eigenvalue weighted by molar-refractivity contribution is 7.99. The summed E-state index contributed by atoms with van der Waals surface area (Å²) in [6.45, 7) is 3.78. The molecule has 0 aliphatic carbocycles. The van der Waals surface area contributed by atoms with E-state index in [-0.39, 0.29) is 17.2 Å². The third-order valence-corrected chi connectivity index (χ3v) is 5.75. The third kappa shape index (κ3) is 5.49. The number of aryl methyl sites for hydroxylation is 1. The van der Waals surface area contributed by atoms with Gasteiger partial charge in [0.15, 0.2) is 11.0 Å². The van der Waals surface area contributed by atoms with Gasteiger partial charge in [-0.05, 0) is 37.1 Å². The normalized spacial score (nSPS) is 11.7. The van der Waals surface area contributed by atoms with Crippen LogP contribution in [-0.4, -0.2) is 32.3 Å². The molecule has 1 atom stereocenters.